The summed E-state index contributed by atoms with van der Waals surface area (Å²) in [6.07, 6.45) is 3.17. The molecule has 3 rings (SSSR count). The molecule has 3 aromatic rings. The van der Waals surface area contributed by atoms with Crippen LogP contribution in [-0.2, 0) is 17.1 Å². The Labute approximate surface area is 132 Å². The van der Waals surface area contributed by atoms with Crippen LogP contribution >= 0.6 is 0 Å². The summed E-state index contributed by atoms with van der Waals surface area (Å²) in [7, 11) is -2.01. The smallest absolute Gasteiger partial charge is 0.238 e. The first-order valence-electron chi connectivity index (χ1n) is 6.67. The maximum absolute atomic E-state index is 11.2. The lowest BCUT2D eigenvalue weighted by atomic mass is 10.2. The highest BCUT2D eigenvalue weighted by atomic mass is 32.2. The summed E-state index contributed by atoms with van der Waals surface area (Å²) in [4.78, 5) is 8.50. The molecule has 2 heterocycles. The molecule has 0 spiro atoms. The molecule has 2 aromatic heterocycles. The minimum Gasteiger partial charge on any atom is -0.494 e. The van der Waals surface area contributed by atoms with Crippen molar-refractivity contribution in [3.63, 3.8) is 0 Å². The Morgan fingerprint density at radius 1 is 1.26 bits per heavy atom. The van der Waals surface area contributed by atoms with E-state index in [-0.39, 0.29) is 10.8 Å². The summed E-state index contributed by atoms with van der Waals surface area (Å²) < 4.78 is 24.0. The third kappa shape index (κ3) is 2.81. The quantitative estimate of drug-likeness (QED) is 0.712. The minimum atomic E-state index is -3.72. The Bertz CT molecular complexity index is 1010. The van der Waals surface area contributed by atoms with E-state index in [9.17, 15) is 13.5 Å². The highest BCUT2D eigenvalue weighted by Gasteiger charge is 2.13. The highest BCUT2D eigenvalue weighted by Crippen LogP contribution is 2.27. The van der Waals surface area contributed by atoms with E-state index in [0.717, 1.165) is 5.39 Å². The van der Waals surface area contributed by atoms with Gasteiger partial charge in [-0.3, -0.25) is 9.56 Å². The summed E-state index contributed by atoms with van der Waals surface area (Å²) in [5, 5.41) is 16.0. The number of aromatic hydroxyl groups is 1. The summed E-state index contributed by atoms with van der Waals surface area (Å²) in [6.45, 7) is 0. The van der Waals surface area contributed by atoms with Crippen LogP contribution in [0.1, 0.15) is 5.56 Å². The van der Waals surface area contributed by atoms with Gasteiger partial charge in [0.05, 0.1) is 16.1 Å². The fraction of sp³-hybridized carbons (Fsp3) is 0.0667. The van der Waals surface area contributed by atoms with Crippen LogP contribution in [0.2, 0.25) is 0 Å². The van der Waals surface area contributed by atoms with Crippen LogP contribution in [-0.4, -0.2) is 29.3 Å². The number of benzene rings is 1. The van der Waals surface area contributed by atoms with Crippen molar-refractivity contribution in [2.24, 2.45) is 17.2 Å². The van der Waals surface area contributed by atoms with Crippen LogP contribution in [0.3, 0.4) is 0 Å². The van der Waals surface area contributed by atoms with Gasteiger partial charge in [0.15, 0.2) is 0 Å². The SMILES string of the molecule is Cn1c(O)c(C=Nc2ccc(S(N)(=O)=O)cc2)c2cccnc21. The number of sulfonamides is 1. The van der Waals surface area contributed by atoms with Crippen LogP contribution in [0, 0.1) is 0 Å². The van der Waals surface area contributed by atoms with Crippen molar-refractivity contribution >= 4 is 33.0 Å². The predicted octanol–water partition coefficient (Wildman–Crippen LogP) is 1.68. The molecule has 0 aliphatic heterocycles. The molecule has 0 saturated carbocycles. The van der Waals surface area contributed by atoms with Gasteiger partial charge in [-0.25, -0.2) is 18.5 Å². The van der Waals surface area contributed by atoms with Crippen LogP contribution in [0.15, 0.2) is 52.5 Å². The van der Waals surface area contributed by atoms with E-state index < -0.39 is 10.0 Å². The lowest BCUT2D eigenvalue weighted by molar-refractivity contribution is 0.434. The number of primary sulfonamides is 1. The lowest BCUT2D eigenvalue weighted by Gasteiger charge is -1.98. The molecule has 23 heavy (non-hydrogen) atoms. The molecule has 0 saturated heterocycles. The third-order valence-corrected chi connectivity index (χ3v) is 4.39. The van der Waals surface area contributed by atoms with E-state index in [1.54, 1.807) is 23.9 Å². The Balaban J connectivity index is 1.99. The molecule has 7 nitrogen and oxygen atoms in total. The van der Waals surface area contributed by atoms with Gasteiger partial charge < -0.3 is 5.11 Å². The molecule has 0 radical (unpaired) electrons. The van der Waals surface area contributed by atoms with Crippen LogP contribution in [0.4, 0.5) is 5.69 Å². The molecule has 8 heteroatoms. The van der Waals surface area contributed by atoms with E-state index >= 15 is 0 Å². The summed E-state index contributed by atoms with van der Waals surface area (Å²) >= 11 is 0. The second kappa shape index (κ2) is 5.49. The van der Waals surface area contributed by atoms with Gasteiger partial charge in [0, 0.05) is 24.8 Å². The van der Waals surface area contributed by atoms with E-state index in [0.29, 0.717) is 16.9 Å². The number of nitrogens with zero attached hydrogens (tertiary/aromatic N) is 3. The zero-order valence-corrected chi connectivity index (χ0v) is 13.0. The fourth-order valence-electron chi connectivity index (χ4n) is 2.26. The molecule has 0 fully saturated rings. The number of aryl methyl sites for hydroxylation is 1. The van der Waals surface area contributed by atoms with Crippen molar-refractivity contribution in [2.45, 2.75) is 4.90 Å². The van der Waals surface area contributed by atoms with Crippen LogP contribution < -0.4 is 5.14 Å². The van der Waals surface area contributed by atoms with Gasteiger partial charge >= 0.3 is 0 Å². The molecule has 0 aliphatic rings. The second-order valence-electron chi connectivity index (χ2n) is 4.97. The molecule has 0 atom stereocenters. The highest BCUT2D eigenvalue weighted by molar-refractivity contribution is 7.89. The van der Waals surface area contributed by atoms with Gasteiger partial charge in [-0.05, 0) is 36.4 Å². The molecular weight excluding hydrogens is 316 g/mol. The topological polar surface area (TPSA) is 111 Å². The van der Waals surface area contributed by atoms with E-state index in [1.165, 1.54) is 30.5 Å². The van der Waals surface area contributed by atoms with Gasteiger partial charge in [-0.1, -0.05) is 0 Å². The molecule has 118 valence electrons. The van der Waals surface area contributed by atoms with Crippen molar-refractivity contribution < 1.29 is 13.5 Å². The summed E-state index contributed by atoms with van der Waals surface area (Å²) in [5.74, 6) is 0.0589. The monoisotopic (exact) mass is 330 g/mol. The molecule has 0 bridgehead atoms. The van der Waals surface area contributed by atoms with Crippen molar-refractivity contribution in [3.8, 4) is 5.88 Å². The number of pyridine rings is 1. The van der Waals surface area contributed by atoms with Gasteiger partial charge in [0.1, 0.15) is 5.65 Å². The maximum Gasteiger partial charge on any atom is 0.238 e. The number of nitrogens with two attached hydrogens (primary N) is 1. The number of aliphatic imine (C=N–C) groups is 1. The molecule has 0 amide bonds. The Hall–Kier alpha value is -2.71. The number of rotatable bonds is 3. The number of fused-ring (bicyclic) bond motifs is 1. The van der Waals surface area contributed by atoms with Crippen LogP contribution in [0.25, 0.3) is 11.0 Å². The zero-order chi connectivity index (χ0) is 16.6. The number of hydrogen-bond acceptors (Lipinski definition) is 5. The molecule has 0 aliphatic carbocycles. The normalized spacial score (nSPS) is 12.3. The van der Waals surface area contributed by atoms with E-state index in [1.807, 2.05) is 6.07 Å². The fourth-order valence-corrected chi connectivity index (χ4v) is 2.78. The number of aromatic nitrogens is 2. The van der Waals surface area contributed by atoms with Crippen molar-refractivity contribution in [1.29, 1.82) is 0 Å². The molecule has 0 unspecified atom stereocenters. The van der Waals surface area contributed by atoms with Gasteiger partial charge in [0.2, 0.25) is 15.9 Å². The maximum atomic E-state index is 11.2. The average molecular weight is 330 g/mol. The van der Waals surface area contributed by atoms with E-state index in [4.69, 9.17) is 5.14 Å². The van der Waals surface area contributed by atoms with Gasteiger partial charge in [0.25, 0.3) is 0 Å². The molecule has 1 aromatic carbocycles. The summed E-state index contributed by atoms with van der Waals surface area (Å²) in [5.41, 5.74) is 1.74. The minimum absolute atomic E-state index is 0.0219. The van der Waals surface area contributed by atoms with Crippen molar-refractivity contribution in [3.05, 3.63) is 48.2 Å². The largest absolute Gasteiger partial charge is 0.494 e. The number of hydrogen-bond donors (Lipinski definition) is 2. The average Bonchev–Trinajstić information content (AvgIpc) is 2.77. The lowest BCUT2D eigenvalue weighted by Crippen LogP contribution is -2.11. The van der Waals surface area contributed by atoms with Crippen molar-refractivity contribution in [1.82, 2.24) is 9.55 Å². The Morgan fingerprint density at radius 2 is 1.96 bits per heavy atom. The second-order valence-corrected chi connectivity index (χ2v) is 6.53. The van der Waals surface area contributed by atoms with Crippen LogP contribution in [0.5, 0.6) is 5.88 Å². The Kier molecular flexibility index (Phi) is 3.63. The zero-order valence-electron chi connectivity index (χ0n) is 12.2. The first-order chi connectivity index (χ1) is 10.9. The standard InChI is InChI=1S/C15H14N4O3S/c1-19-14-12(3-2-8-17-14)13(15(19)20)9-18-10-4-6-11(7-5-10)23(16,21)22/h2-9,20H,1H3,(H2,16,21,22). The Morgan fingerprint density at radius 3 is 2.61 bits per heavy atom. The van der Waals surface area contributed by atoms with E-state index in [2.05, 4.69) is 9.98 Å². The third-order valence-electron chi connectivity index (χ3n) is 3.46. The summed E-state index contributed by atoms with van der Waals surface area (Å²) in [6, 6.07) is 9.46. The first kappa shape index (κ1) is 15.2. The van der Waals surface area contributed by atoms with Crippen molar-refractivity contribution in [2.75, 3.05) is 0 Å². The first-order valence-corrected chi connectivity index (χ1v) is 8.22. The van der Waals surface area contributed by atoms with Gasteiger partial charge in [-0.15, -0.1) is 0 Å². The molecular formula is C15H14N4O3S. The molecule has 3 N–H and O–H groups in total. The predicted molar refractivity (Wildman–Crippen MR) is 87.4 cm³/mol. The van der Waals surface area contributed by atoms with Gasteiger partial charge in [-0.2, -0.15) is 0 Å².